The number of hydrogen-bond donors (Lipinski definition) is 1. The zero-order valence-corrected chi connectivity index (χ0v) is 9.68. The summed E-state index contributed by atoms with van der Waals surface area (Å²) in [7, 11) is 0. The number of piperidine rings is 1. The highest BCUT2D eigenvalue weighted by Crippen LogP contribution is 2.26. The molecule has 1 atom stereocenters. The van der Waals surface area contributed by atoms with E-state index >= 15 is 0 Å². The van der Waals surface area contributed by atoms with Crippen molar-refractivity contribution in [2.24, 2.45) is 5.41 Å². The summed E-state index contributed by atoms with van der Waals surface area (Å²) in [6.45, 7) is 9.89. The van der Waals surface area contributed by atoms with Crippen molar-refractivity contribution in [1.82, 2.24) is 10.2 Å². The third-order valence-electron chi connectivity index (χ3n) is 3.72. The van der Waals surface area contributed by atoms with Crippen molar-refractivity contribution in [2.75, 3.05) is 26.2 Å². The fourth-order valence-corrected chi connectivity index (χ4v) is 2.61. The van der Waals surface area contributed by atoms with E-state index in [1.54, 1.807) is 0 Å². The van der Waals surface area contributed by atoms with E-state index in [9.17, 15) is 0 Å². The van der Waals surface area contributed by atoms with Crippen molar-refractivity contribution < 1.29 is 0 Å². The molecule has 0 aliphatic carbocycles. The molecule has 82 valence electrons. The molecule has 2 fully saturated rings. The number of likely N-dealkylation sites (tertiary alicyclic amines) is 1. The predicted octanol–water partition coefficient (Wildman–Crippen LogP) is 1.86. The second-order valence-corrected chi connectivity index (χ2v) is 5.79. The summed E-state index contributed by atoms with van der Waals surface area (Å²) >= 11 is 0. The van der Waals surface area contributed by atoms with Gasteiger partial charge in [-0.2, -0.15) is 0 Å². The Morgan fingerprint density at radius 1 is 1.29 bits per heavy atom. The third kappa shape index (κ3) is 2.71. The zero-order chi connectivity index (χ0) is 10.0. The van der Waals surface area contributed by atoms with E-state index < -0.39 is 0 Å². The van der Waals surface area contributed by atoms with Gasteiger partial charge >= 0.3 is 0 Å². The summed E-state index contributed by atoms with van der Waals surface area (Å²) in [5.74, 6) is 0. The lowest BCUT2D eigenvalue weighted by Crippen LogP contribution is -2.48. The van der Waals surface area contributed by atoms with E-state index in [0.29, 0.717) is 5.41 Å². The second-order valence-electron chi connectivity index (χ2n) is 5.79. The molecule has 0 aromatic carbocycles. The molecule has 2 saturated heterocycles. The molecule has 0 spiro atoms. The Labute approximate surface area is 88.1 Å². The first-order valence-electron chi connectivity index (χ1n) is 6.11. The summed E-state index contributed by atoms with van der Waals surface area (Å²) in [4.78, 5) is 2.62. The maximum absolute atomic E-state index is 3.69. The van der Waals surface area contributed by atoms with E-state index in [-0.39, 0.29) is 0 Å². The van der Waals surface area contributed by atoms with Crippen LogP contribution in [0.5, 0.6) is 0 Å². The Morgan fingerprint density at radius 3 is 2.57 bits per heavy atom. The molecule has 0 aromatic heterocycles. The third-order valence-corrected chi connectivity index (χ3v) is 3.72. The molecule has 2 rings (SSSR count). The van der Waals surface area contributed by atoms with Crippen LogP contribution < -0.4 is 5.32 Å². The fourth-order valence-electron chi connectivity index (χ4n) is 2.61. The summed E-state index contributed by atoms with van der Waals surface area (Å²) < 4.78 is 0. The first kappa shape index (κ1) is 10.4. The topological polar surface area (TPSA) is 15.3 Å². The van der Waals surface area contributed by atoms with Gasteiger partial charge in [0.1, 0.15) is 0 Å². The van der Waals surface area contributed by atoms with Crippen LogP contribution in [0, 0.1) is 5.41 Å². The molecule has 14 heavy (non-hydrogen) atoms. The molecule has 1 unspecified atom stereocenters. The van der Waals surface area contributed by atoms with Gasteiger partial charge in [0.25, 0.3) is 0 Å². The van der Waals surface area contributed by atoms with Gasteiger partial charge in [0, 0.05) is 19.1 Å². The highest BCUT2D eigenvalue weighted by atomic mass is 15.2. The summed E-state index contributed by atoms with van der Waals surface area (Å²) in [6, 6.07) is 0.765. The predicted molar refractivity (Wildman–Crippen MR) is 60.5 cm³/mol. The van der Waals surface area contributed by atoms with Crippen LogP contribution in [0.2, 0.25) is 0 Å². The quantitative estimate of drug-likeness (QED) is 0.725. The number of nitrogens with zero attached hydrogens (tertiary/aromatic N) is 1. The smallest absolute Gasteiger partial charge is 0.0195 e. The van der Waals surface area contributed by atoms with Crippen LogP contribution >= 0.6 is 0 Å². The van der Waals surface area contributed by atoms with Crippen molar-refractivity contribution >= 4 is 0 Å². The van der Waals surface area contributed by atoms with Gasteiger partial charge in [-0.25, -0.2) is 0 Å². The molecule has 2 aliphatic heterocycles. The van der Waals surface area contributed by atoms with E-state index in [0.717, 1.165) is 6.04 Å². The van der Waals surface area contributed by atoms with Crippen molar-refractivity contribution in [3.8, 4) is 0 Å². The van der Waals surface area contributed by atoms with Gasteiger partial charge in [-0.05, 0) is 44.2 Å². The Morgan fingerprint density at radius 2 is 2.00 bits per heavy atom. The lowest BCUT2D eigenvalue weighted by atomic mass is 9.82. The standard InChI is InChI=1S/C12H24N2/c1-12(2)6-5-11(13-10-12)9-14-7-3-4-8-14/h11,13H,3-10H2,1-2H3. The van der Waals surface area contributed by atoms with Crippen LogP contribution in [0.1, 0.15) is 39.5 Å². The van der Waals surface area contributed by atoms with Gasteiger partial charge in [-0.15, -0.1) is 0 Å². The molecule has 1 N–H and O–H groups in total. The van der Waals surface area contributed by atoms with Gasteiger partial charge in [-0.3, -0.25) is 0 Å². The molecule has 0 amide bonds. The molecule has 2 heterocycles. The van der Waals surface area contributed by atoms with Gasteiger partial charge < -0.3 is 10.2 Å². The molecule has 0 radical (unpaired) electrons. The summed E-state index contributed by atoms with van der Waals surface area (Å²) in [6.07, 6.45) is 5.58. The van der Waals surface area contributed by atoms with Crippen molar-refractivity contribution in [1.29, 1.82) is 0 Å². The molecule has 0 aromatic rings. The number of hydrogen-bond acceptors (Lipinski definition) is 2. The SMILES string of the molecule is CC1(C)CCC(CN2CCCC2)NC1. The average molecular weight is 196 g/mol. The number of nitrogens with one attached hydrogen (secondary N) is 1. The molecule has 2 nitrogen and oxygen atoms in total. The van der Waals surface area contributed by atoms with E-state index in [1.807, 2.05) is 0 Å². The molecular formula is C12H24N2. The second kappa shape index (κ2) is 4.19. The van der Waals surface area contributed by atoms with E-state index in [1.165, 1.54) is 51.9 Å². The molecule has 0 saturated carbocycles. The first-order valence-corrected chi connectivity index (χ1v) is 6.11. The largest absolute Gasteiger partial charge is 0.312 e. The number of rotatable bonds is 2. The lowest BCUT2D eigenvalue weighted by Gasteiger charge is -2.37. The van der Waals surface area contributed by atoms with Gasteiger partial charge in [0.15, 0.2) is 0 Å². The van der Waals surface area contributed by atoms with Gasteiger partial charge in [0.2, 0.25) is 0 Å². The van der Waals surface area contributed by atoms with Crippen molar-refractivity contribution in [3.05, 3.63) is 0 Å². The van der Waals surface area contributed by atoms with E-state index in [4.69, 9.17) is 0 Å². The minimum atomic E-state index is 0.529. The summed E-state index contributed by atoms with van der Waals surface area (Å²) in [5.41, 5.74) is 0.529. The molecule has 0 bridgehead atoms. The highest BCUT2D eigenvalue weighted by Gasteiger charge is 2.27. The van der Waals surface area contributed by atoms with Gasteiger partial charge in [-0.1, -0.05) is 13.8 Å². The van der Waals surface area contributed by atoms with Crippen LogP contribution in [0.4, 0.5) is 0 Å². The van der Waals surface area contributed by atoms with Crippen LogP contribution in [0.15, 0.2) is 0 Å². The van der Waals surface area contributed by atoms with Crippen LogP contribution in [-0.2, 0) is 0 Å². The highest BCUT2D eigenvalue weighted by molar-refractivity contribution is 4.85. The monoisotopic (exact) mass is 196 g/mol. The van der Waals surface area contributed by atoms with Crippen molar-refractivity contribution in [2.45, 2.75) is 45.6 Å². The van der Waals surface area contributed by atoms with Crippen molar-refractivity contribution in [3.63, 3.8) is 0 Å². The Kier molecular flexibility index (Phi) is 3.13. The van der Waals surface area contributed by atoms with Gasteiger partial charge in [0.05, 0.1) is 0 Å². The Hall–Kier alpha value is -0.0800. The Balaban J connectivity index is 1.72. The maximum atomic E-state index is 3.69. The van der Waals surface area contributed by atoms with Crippen LogP contribution in [-0.4, -0.2) is 37.1 Å². The minimum absolute atomic E-state index is 0.529. The zero-order valence-electron chi connectivity index (χ0n) is 9.68. The summed E-state index contributed by atoms with van der Waals surface area (Å²) in [5, 5.41) is 3.69. The minimum Gasteiger partial charge on any atom is -0.312 e. The Bertz CT molecular complexity index is 173. The maximum Gasteiger partial charge on any atom is 0.0195 e. The molecule has 2 heteroatoms. The molecular weight excluding hydrogens is 172 g/mol. The fraction of sp³-hybridized carbons (Fsp3) is 1.00. The van der Waals surface area contributed by atoms with Crippen LogP contribution in [0.25, 0.3) is 0 Å². The van der Waals surface area contributed by atoms with Crippen LogP contribution in [0.3, 0.4) is 0 Å². The lowest BCUT2D eigenvalue weighted by molar-refractivity contribution is 0.187. The first-order chi connectivity index (χ1) is 6.66. The van der Waals surface area contributed by atoms with E-state index in [2.05, 4.69) is 24.1 Å². The normalized spacial score (nSPS) is 33.4. The molecule has 2 aliphatic rings. The average Bonchev–Trinajstić information content (AvgIpc) is 2.61.